The number of carbonyl (C=O) groups excluding carboxylic acids is 1. The van der Waals surface area contributed by atoms with Gasteiger partial charge < -0.3 is 9.72 Å². The average Bonchev–Trinajstić information content (AvgIpc) is 3.39. The fraction of sp³-hybridized carbons (Fsp3) is 0.333. The van der Waals surface area contributed by atoms with Crippen molar-refractivity contribution in [2.75, 3.05) is 0 Å². The molecule has 0 amide bonds. The van der Waals surface area contributed by atoms with Crippen molar-refractivity contribution in [3.63, 3.8) is 0 Å². The molecule has 0 atom stereocenters. The lowest BCUT2D eigenvalue weighted by Gasteiger charge is -2.12. The van der Waals surface area contributed by atoms with Gasteiger partial charge in [-0.2, -0.15) is 0 Å². The highest BCUT2D eigenvalue weighted by Gasteiger charge is 2.25. The van der Waals surface area contributed by atoms with Gasteiger partial charge in [-0.15, -0.1) is 11.3 Å². The lowest BCUT2D eigenvalue weighted by molar-refractivity contribution is 0.0463. The number of rotatable bonds is 3. The van der Waals surface area contributed by atoms with Crippen LogP contribution in [0.2, 0.25) is 0 Å². The number of fused-ring (bicyclic) bond motifs is 5. The summed E-state index contributed by atoms with van der Waals surface area (Å²) < 4.78 is 5.66. The summed E-state index contributed by atoms with van der Waals surface area (Å²) in [5.74, 6) is 0.00410. The number of esters is 1. The van der Waals surface area contributed by atoms with E-state index in [4.69, 9.17) is 9.72 Å². The number of para-hydroxylation sites is 1. The minimum Gasteiger partial charge on any atom is -0.454 e. The number of aromatic nitrogens is 3. The molecule has 1 N–H and O–H groups in total. The first-order valence-electron chi connectivity index (χ1n) is 10.8. The van der Waals surface area contributed by atoms with Crippen LogP contribution in [0, 0.1) is 0 Å². The van der Waals surface area contributed by atoms with E-state index in [1.165, 1.54) is 4.88 Å². The highest BCUT2D eigenvalue weighted by atomic mass is 32.1. The molecule has 0 bridgehead atoms. The predicted molar refractivity (Wildman–Crippen MR) is 120 cm³/mol. The lowest BCUT2D eigenvalue weighted by atomic mass is 9.97. The molecule has 0 radical (unpaired) electrons. The highest BCUT2D eigenvalue weighted by Crippen LogP contribution is 2.34. The molecule has 2 aliphatic carbocycles. The molecule has 2 aliphatic rings. The summed E-state index contributed by atoms with van der Waals surface area (Å²) >= 11 is 1.60. The minimum atomic E-state index is -0.384. The van der Waals surface area contributed by atoms with E-state index in [-0.39, 0.29) is 18.1 Å². The van der Waals surface area contributed by atoms with Gasteiger partial charge in [0.25, 0.3) is 5.56 Å². The van der Waals surface area contributed by atoms with Crippen molar-refractivity contribution in [2.45, 2.75) is 51.6 Å². The molecule has 0 fully saturated rings. The maximum atomic E-state index is 13.1. The molecule has 3 heterocycles. The standard InChI is InChI=1S/C24H21N3O3S/c28-22-21-15-7-2-4-11-18(15)31-23(21)27-19(26-22)12-30-24(29)20-13-6-1-3-9-16(13)25-17-10-5-8-14(17)20/h1,3,6,9H,2,4-5,7-8,10-12H2,(H,26,27,28). The van der Waals surface area contributed by atoms with Crippen molar-refractivity contribution in [3.05, 3.63) is 67.7 Å². The number of H-pyrrole nitrogens is 1. The summed E-state index contributed by atoms with van der Waals surface area (Å²) in [6, 6.07) is 7.68. The average molecular weight is 432 g/mol. The third-order valence-electron chi connectivity index (χ3n) is 6.34. The van der Waals surface area contributed by atoms with Crippen LogP contribution in [0.4, 0.5) is 0 Å². The van der Waals surface area contributed by atoms with E-state index in [0.29, 0.717) is 16.8 Å². The number of thiophene rings is 1. The Morgan fingerprint density at radius 1 is 1.03 bits per heavy atom. The number of aromatic amines is 1. The van der Waals surface area contributed by atoms with Gasteiger partial charge >= 0.3 is 5.97 Å². The smallest absolute Gasteiger partial charge is 0.339 e. The first-order valence-corrected chi connectivity index (χ1v) is 11.6. The van der Waals surface area contributed by atoms with Gasteiger partial charge in [-0.1, -0.05) is 18.2 Å². The van der Waals surface area contributed by atoms with Gasteiger partial charge in [0.15, 0.2) is 0 Å². The zero-order valence-corrected chi connectivity index (χ0v) is 17.8. The summed E-state index contributed by atoms with van der Waals surface area (Å²) in [6.45, 7) is -0.0575. The van der Waals surface area contributed by atoms with Crippen LogP contribution in [0.25, 0.3) is 21.1 Å². The van der Waals surface area contributed by atoms with Crippen LogP contribution in [-0.4, -0.2) is 20.9 Å². The van der Waals surface area contributed by atoms with Crippen molar-refractivity contribution in [2.24, 2.45) is 0 Å². The summed E-state index contributed by atoms with van der Waals surface area (Å²) in [4.78, 5) is 40.1. The van der Waals surface area contributed by atoms with E-state index in [1.807, 2.05) is 24.3 Å². The van der Waals surface area contributed by atoms with Gasteiger partial charge in [0.2, 0.25) is 0 Å². The molecule has 0 unspecified atom stereocenters. The molecule has 6 nitrogen and oxygen atoms in total. The Balaban J connectivity index is 1.33. The van der Waals surface area contributed by atoms with E-state index in [0.717, 1.165) is 77.5 Å². The Morgan fingerprint density at radius 3 is 2.81 bits per heavy atom. The first kappa shape index (κ1) is 18.7. The SMILES string of the molecule is O=C(OCc1nc2sc3c(c2c(=O)[nH]1)CCCC3)c1c2c(nc3ccccc13)CCC2. The summed E-state index contributed by atoms with van der Waals surface area (Å²) in [5.41, 5.74) is 4.42. The van der Waals surface area contributed by atoms with Crippen LogP contribution < -0.4 is 5.56 Å². The number of pyridine rings is 1. The van der Waals surface area contributed by atoms with Crippen LogP contribution >= 0.6 is 11.3 Å². The second-order valence-electron chi connectivity index (χ2n) is 8.26. The van der Waals surface area contributed by atoms with E-state index >= 15 is 0 Å². The van der Waals surface area contributed by atoms with Crippen LogP contribution in [0.5, 0.6) is 0 Å². The Hall–Kier alpha value is -3.06. The zero-order chi connectivity index (χ0) is 20.9. The second-order valence-corrected chi connectivity index (χ2v) is 9.35. The van der Waals surface area contributed by atoms with E-state index < -0.39 is 0 Å². The highest BCUT2D eigenvalue weighted by molar-refractivity contribution is 7.18. The lowest BCUT2D eigenvalue weighted by Crippen LogP contribution is -2.16. The normalized spacial score (nSPS) is 15.2. The van der Waals surface area contributed by atoms with Gasteiger partial charge in [0, 0.05) is 16.0 Å². The minimum absolute atomic E-state index is 0.0575. The predicted octanol–water partition coefficient (Wildman–Crippen LogP) is 4.26. The molecule has 0 spiro atoms. The molecule has 4 aromatic rings. The summed E-state index contributed by atoms with van der Waals surface area (Å²) in [5, 5.41) is 1.53. The maximum Gasteiger partial charge on any atom is 0.339 e. The van der Waals surface area contributed by atoms with Crippen molar-refractivity contribution in [3.8, 4) is 0 Å². The quantitative estimate of drug-likeness (QED) is 0.490. The fourth-order valence-electron chi connectivity index (χ4n) is 4.93. The van der Waals surface area contributed by atoms with Crippen LogP contribution in [0.3, 0.4) is 0 Å². The van der Waals surface area contributed by atoms with Gasteiger partial charge in [0.1, 0.15) is 17.3 Å². The molecule has 31 heavy (non-hydrogen) atoms. The molecule has 1 aromatic carbocycles. The number of hydrogen-bond acceptors (Lipinski definition) is 6. The Kier molecular flexibility index (Phi) is 4.38. The van der Waals surface area contributed by atoms with Crippen LogP contribution in [0.1, 0.15) is 57.1 Å². The van der Waals surface area contributed by atoms with Crippen molar-refractivity contribution >= 4 is 38.4 Å². The molecule has 3 aromatic heterocycles. The first-order chi connectivity index (χ1) is 15.2. The summed E-state index contributed by atoms with van der Waals surface area (Å²) in [6.07, 6.45) is 6.94. The number of aryl methyl sites for hydroxylation is 3. The third kappa shape index (κ3) is 3.07. The third-order valence-corrected chi connectivity index (χ3v) is 7.52. The number of nitrogens with zero attached hydrogens (tertiary/aromatic N) is 2. The van der Waals surface area contributed by atoms with E-state index in [1.54, 1.807) is 11.3 Å². The molecule has 6 rings (SSSR count). The molecule has 7 heteroatoms. The Morgan fingerprint density at radius 2 is 1.87 bits per heavy atom. The number of ether oxygens (including phenoxy) is 1. The number of nitrogens with one attached hydrogen (secondary N) is 1. The number of hydrogen-bond donors (Lipinski definition) is 1. The van der Waals surface area contributed by atoms with Gasteiger partial charge in [-0.05, 0) is 62.1 Å². The fourth-order valence-corrected chi connectivity index (χ4v) is 6.21. The molecule has 0 aliphatic heterocycles. The maximum absolute atomic E-state index is 13.1. The molecule has 0 saturated heterocycles. The van der Waals surface area contributed by atoms with E-state index in [9.17, 15) is 9.59 Å². The molecule has 156 valence electrons. The van der Waals surface area contributed by atoms with Crippen LogP contribution in [0.15, 0.2) is 29.1 Å². The monoisotopic (exact) mass is 431 g/mol. The van der Waals surface area contributed by atoms with Gasteiger partial charge in [-0.3, -0.25) is 9.78 Å². The van der Waals surface area contributed by atoms with Crippen molar-refractivity contribution in [1.82, 2.24) is 15.0 Å². The van der Waals surface area contributed by atoms with Gasteiger partial charge in [-0.25, -0.2) is 9.78 Å². The second kappa shape index (κ2) is 7.27. The van der Waals surface area contributed by atoms with Crippen LogP contribution in [-0.2, 0) is 37.0 Å². The topological polar surface area (TPSA) is 84.9 Å². The zero-order valence-electron chi connectivity index (χ0n) is 17.0. The van der Waals surface area contributed by atoms with E-state index in [2.05, 4.69) is 9.97 Å². The molecular formula is C24H21N3O3S. The Bertz CT molecular complexity index is 1420. The van der Waals surface area contributed by atoms with Crippen molar-refractivity contribution in [1.29, 1.82) is 0 Å². The Labute approximate surface area is 182 Å². The molecular weight excluding hydrogens is 410 g/mol. The largest absolute Gasteiger partial charge is 0.454 e. The molecule has 0 saturated carbocycles. The number of carbonyl (C=O) groups is 1. The van der Waals surface area contributed by atoms with Gasteiger partial charge in [0.05, 0.1) is 16.5 Å². The number of benzene rings is 1. The van der Waals surface area contributed by atoms with Crippen molar-refractivity contribution < 1.29 is 9.53 Å². The summed E-state index contributed by atoms with van der Waals surface area (Å²) in [7, 11) is 0.